The van der Waals surface area contributed by atoms with Gasteiger partial charge in [0.2, 0.25) is 0 Å². The van der Waals surface area contributed by atoms with Crippen LogP contribution in [0.4, 0.5) is 0 Å². The maximum atomic E-state index is 5.71. The minimum atomic E-state index is 0.764. The van der Waals surface area contributed by atoms with Crippen molar-refractivity contribution in [1.82, 2.24) is 9.80 Å². The molecule has 0 unspecified atom stereocenters. The smallest absolute Gasteiger partial charge is 0.119 e. The molecule has 0 aromatic heterocycles. The Balaban J connectivity index is 1.67. The number of piperazine rings is 1. The van der Waals surface area contributed by atoms with E-state index in [-0.39, 0.29) is 0 Å². The predicted molar refractivity (Wildman–Crippen MR) is 70.3 cm³/mol. The van der Waals surface area contributed by atoms with Gasteiger partial charge in [0.25, 0.3) is 0 Å². The summed E-state index contributed by atoms with van der Waals surface area (Å²) in [5, 5.41) is 0. The van der Waals surface area contributed by atoms with E-state index in [2.05, 4.69) is 23.8 Å². The number of hydrogen-bond acceptors (Lipinski definition) is 3. The first-order valence-corrected chi connectivity index (χ1v) is 6.20. The van der Waals surface area contributed by atoms with Crippen LogP contribution in [-0.4, -0.2) is 56.2 Å². The number of nitrogens with zero attached hydrogens (tertiary/aromatic N) is 2. The predicted octanol–water partition coefficient (Wildman–Crippen LogP) is 1.49. The summed E-state index contributed by atoms with van der Waals surface area (Å²) in [6, 6.07) is 7.91. The minimum Gasteiger partial charge on any atom is -0.492 e. The fourth-order valence-electron chi connectivity index (χ4n) is 1.95. The zero-order valence-corrected chi connectivity index (χ0v) is 10.6. The van der Waals surface area contributed by atoms with Crippen LogP contribution in [-0.2, 0) is 0 Å². The third kappa shape index (κ3) is 4.02. The first-order chi connectivity index (χ1) is 8.24. The Morgan fingerprint density at radius 1 is 1.12 bits per heavy atom. The van der Waals surface area contributed by atoms with Crippen LogP contribution >= 0.6 is 0 Å². The molecule has 0 N–H and O–H groups in total. The largest absolute Gasteiger partial charge is 0.492 e. The van der Waals surface area contributed by atoms with Crippen LogP contribution in [0.3, 0.4) is 0 Å². The summed E-state index contributed by atoms with van der Waals surface area (Å²) in [6.45, 7) is 10.3. The third-order valence-corrected chi connectivity index (χ3v) is 3.20. The van der Waals surface area contributed by atoms with Crippen LogP contribution in [0.2, 0.25) is 0 Å². The maximum Gasteiger partial charge on any atom is 0.119 e. The van der Waals surface area contributed by atoms with Crippen molar-refractivity contribution in [2.75, 3.05) is 46.4 Å². The van der Waals surface area contributed by atoms with Crippen LogP contribution in [0, 0.1) is 6.92 Å². The Hall–Kier alpha value is -1.06. The fraction of sp³-hybridized carbons (Fsp3) is 0.500. The van der Waals surface area contributed by atoms with Gasteiger partial charge < -0.3 is 9.64 Å². The topological polar surface area (TPSA) is 15.7 Å². The van der Waals surface area contributed by atoms with Gasteiger partial charge in [-0.3, -0.25) is 4.90 Å². The highest BCUT2D eigenvalue weighted by Crippen LogP contribution is 2.11. The molecule has 1 saturated heterocycles. The molecule has 0 amide bonds. The SMILES string of the molecule is [CH2]c1ccc(OCCN2CCN(C)CC2)cc1. The van der Waals surface area contributed by atoms with E-state index in [0.29, 0.717) is 0 Å². The molecule has 1 fully saturated rings. The molecule has 0 atom stereocenters. The van der Waals surface area contributed by atoms with E-state index < -0.39 is 0 Å². The van der Waals surface area contributed by atoms with Gasteiger partial charge in [0.05, 0.1) is 0 Å². The number of likely N-dealkylation sites (N-methyl/N-ethyl adjacent to an activating group) is 1. The van der Waals surface area contributed by atoms with Gasteiger partial charge in [-0.25, -0.2) is 0 Å². The van der Waals surface area contributed by atoms with Gasteiger partial charge in [-0.15, -0.1) is 0 Å². The van der Waals surface area contributed by atoms with Crippen molar-refractivity contribution >= 4 is 0 Å². The van der Waals surface area contributed by atoms with Crippen LogP contribution in [0.15, 0.2) is 24.3 Å². The summed E-state index contributed by atoms with van der Waals surface area (Å²) in [7, 11) is 2.17. The minimum absolute atomic E-state index is 0.764. The Morgan fingerprint density at radius 2 is 1.76 bits per heavy atom. The van der Waals surface area contributed by atoms with E-state index in [1.54, 1.807) is 0 Å². The Labute approximate surface area is 104 Å². The Morgan fingerprint density at radius 3 is 2.41 bits per heavy atom. The van der Waals surface area contributed by atoms with E-state index in [9.17, 15) is 0 Å². The van der Waals surface area contributed by atoms with E-state index in [1.165, 1.54) is 0 Å². The molecule has 1 aromatic carbocycles. The van der Waals surface area contributed by atoms with Crippen LogP contribution in [0.1, 0.15) is 5.56 Å². The lowest BCUT2D eigenvalue weighted by Gasteiger charge is -2.32. The lowest BCUT2D eigenvalue weighted by molar-refractivity contribution is 0.134. The van der Waals surface area contributed by atoms with E-state index in [0.717, 1.165) is 50.6 Å². The summed E-state index contributed by atoms with van der Waals surface area (Å²) in [6.07, 6.45) is 0. The number of benzene rings is 1. The molecule has 1 aliphatic heterocycles. The van der Waals surface area contributed by atoms with Gasteiger partial charge >= 0.3 is 0 Å². The highest BCUT2D eigenvalue weighted by Gasteiger charge is 2.12. The van der Waals surface area contributed by atoms with Gasteiger partial charge in [0, 0.05) is 32.7 Å². The molecule has 93 valence electrons. The molecule has 3 heteroatoms. The summed E-state index contributed by atoms with van der Waals surface area (Å²) in [5.74, 6) is 0.937. The second kappa shape index (κ2) is 6.03. The van der Waals surface area contributed by atoms with Crippen molar-refractivity contribution in [2.45, 2.75) is 0 Å². The molecule has 0 saturated carbocycles. The van der Waals surface area contributed by atoms with Crippen molar-refractivity contribution in [3.63, 3.8) is 0 Å². The Bertz CT molecular complexity index is 329. The molecule has 0 aliphatic carbocycles. The number of hydrogen-bond donors (Lipinski definition) is 0. The molecule has 1 heterocycles. The van der Waals surface area contributed by atoms with Crippen molar-refractivity contribution in [3.05, 3.63) is 36.8 Å². The fourth-order valence-corrected chi connectivity index (χ4v) is 1.95. The molecule has 1 radical (unpaired) electrons. The van der Waals surface area contributed by atoms with Crippen LogP contribution < -0.4 is 4.74 Å². The highest BCUT2D eigenvalue weighted by molar-refractivity contribution is 5.28. The summed E-state index contributed by atoms with van der Waals surface area (Å²) in [4.78, 5) is 4.82. The second-order valence-corrected chi connectivity index (χ2v) is 4.64. The van der Waals surface area contributed by atoms with Crippen molar-refractivity contribution in [3.8, 4) is 5.75 Å². The number of rotatable bonds is 4. The monoisotopic (exact) mass is 233 g/mol. The molecular formula is C14H21N2O. The third-order valence-electron chi connectivity index (χ3n) is 3.20. The lowest BCUT2D eigenvalue weighted by Crippen LogP contribution is -2.45. The van der Waals surface area contributed by atoms with E-state index in [4.69, 9.17) is 4.74 Å². The van der Waals surface area contributed by atoms with Gasteiger partial charge in [-0.05, 0) is 31.7 Å². The van der Waals surface area contributed by atoms with Gasteiger partial charge in [0.15, 0.2) is 0 Å². The standard InChI is InChI=1S/C14H21N2O/c1-13-3-5-14(6-4-13)17-12-11-16-9-7-15(2)8-10-16/h3-6H,1,7-12H2,2H3. The summed E-state index contributed by atoms with van der Waals surface area (Å²) >= 11 is 0. The van der Waals surface area contributed by atoms with Crippen LogP contribution in [0.5, 0.6) is 5.75 Å². The lowest BCUT2D eigenvalue weighted by atomic mass is 10.2. The van der Waals surface area contributed by atoms with Crippen molar-refractivity contribution in [2.24, 2.45) is 0 Å². The molecular weight excluding hydrogens is 212 g/mol. The average Bonchev–Trinajstić information content (AvgIpc) is 2.34. The highest BCUT2D eigenvalue weighted by atomic mass is 16.5. The molecule has 1 aromatic rings. The van der Waals surface area contributed by atoms with Crippen molar-refractivity contribution in [1.29, 1.82) is 0 Å². The van der Waals surface area contributed by atoms with Crippen LogP contribution in [0.25, 0.3) is 0 Å². The zero-order chi connectivity index (χ0) is 12.1. The molecule has 1 aliphatic rings. The van der Waals surface area contributed by atoms with Gasteiger partial charge in [0.1, 0.15) is 12.4 Å². The first kappa shape index (κ1) is 12.4. The first-order valence-electron chi connectivity index (χ1n) is 6.20. The molecule has 2 rings (SSSR count). The Kier molecular flexibility index (Phi) is 4.40. The van der Waals surface area contributed by atoms with Gasteiger partial charge in [-0.2, -0.15) is 0 Å². The molecule has 3 nitrogen and oxygen atoms in total. The van der Waals surface area contributed by atoms with Crippen molar-refractivity contribution < 1.29 is 4.74 Å². The molecule has 0 spiro atoms. The van der Waals surface area contributed by atoms with E-state index >= 15 is 0 Å². The summed E-state index contributed by atoms with van der Waals surface area (Å²) < 4.78 is 5.71. The maximum absolute atomic E-state index is 5.71. The second-order valence-electron chi connectivity index (χ2n) is 4.64. The number of ether oxygens (including phenoxy) is 1. The van der Waals surface area contributed by atoms with Gasteiger partial charge in [-0.1, -0.05) is 12.1 Å². The zero-order valence-electron chi connectivity index (χ0n) is 10.6. The normalized spacial score (nSPS) is 18.2. The quantitative estimate of drug-likeness (QED) is 0.784. The molecule has 17 heavy (non-hydrogen) atoms. The molecule has 0 bridgehead atoms. The average molecular weight is 233 g/mol. The van der Waals surface area contributed by atoms with E-state index in [1.807, 2.05) is 24.3 Å². The summed E-state index contributed by atoms with van der Waals surface area (Å²) in [5.41, 5.74) is 1.02.